The van der Waals surface area contributed by atoms with E-state index in [-0.39, 0.29) is 53.6 Å². The van der Waals surface area contributed by atoms with Crippen LogP contribution in [-0.2, 0) is 10.0 Å². The number of nitrogens with zero attached hydrogens (tertiary/aromatic N) is 2. The summed E-state index contributed by atoms with van der Waals surface area (Å²) in [5.74, 6) is 5.15. The highest BCUT2D eigenvalue weighted by Crippen LogP contribution is 2.34. The molecular formula is C27H33FN2O5S. The summed E-state index contributed by atoms with van der Waals surface area (Å²) in [6, 6.07) is 9.51. The molecule has 2 aromatic carbocycles. The Morgan fingerprint density at radius 2 is 1.97 bits per heavy atom. The number of likely N-dealkylation sites (N-methyl/N-ethyl adjacent to an activating group) is 1. The minimum atomic E-state index is -3.97. The van der Waals surface area contributed by atoms with Crippen molar-refractivity contribution in [2.24, 2.45) is 11.8 Å². The number of fused-ring (bicyclic) bond motifs is 1. The van der Waals surface area contributed by atoms with Gasteiger partial charge in [-0.25, -0.2) is 12.8 Å². The third-order valence-corrected chi connectivity index (χ3v) is 8.06. The largest absolute Gasteiger partial charge is 0.487 e. The topological polar surface area (TPSA) is 87.2 Å². The number of hydrogen-bond donors (Lipinski definition) is 1. The van der Waals surface area contributed by atoms with Gasteiger partial charge in [-0.05, 0) is 43.3 Å². The normalized spacial score (nSPS) is 20.2. The molecule has 1 heterocycles. The highest BCUT2D eigenvalue weighted by atomic mass is 32.2. The molecule has 0 spiro atoms. The predicted octanol–water partition coefficient (Wildman–Crippen LogP) is 3.37. The number of halogens is 1. The molecule has 0 fully saturated rings. The van der Waals surface area contributed by atoms with E-state index < -0.39 is 28.0 Å². The summed E-state index contributed by atoms with van der Waals surface area (Å²) in [6.07, 6.45) is -0.580. The number of carbonyl (C=O) groups excluding carboxylic acids is 1. The standard InChI is InChI=1S/C27H33FN2O5S/c1-18(2)9-10-21-11-12-26-24(13-21)35-25(19(3)15-30(20(4)17-31)36(26,33)34)16-29(5)27(32)22-7-6-8-23(28)14-22/h6-8,11-14,18-20,25,31H,15-17H2,1-5H3/t19-,20+,25-/m0/s1. The monoisotopic (exact) mass is 516 g/mol. The quantitative estimate of drug-likeness (QED) is 0.616. The molecule has 1 N–H and O–H groups in total. The molecule has 0 unspecified atom stereocenters. The van der Waals surface area contributed by atoms with Crippen molar-refractivity contribution in [2.45, 2.75) is 44.7 Å². The van der Waals surface area contributed by atoms with Crippen molar-refractivity contribution in [1.29, 1.82) is 0 Å². The zero-order chi connectivity index (χ0) is 26.6. The molecule has 0 saturated carbocycles. The van der Waals surface area contributed by atoms with Gasteiger partial charge in [0.1, 0.15) is 22.6 Å². The zero-order valence-electron chi connectivity index (χ0n) is 21.2. The minimum Gasteiger partial charge on any atom is -0.487 e. The summed E-state index contributed by atoms with van der Waals surface area (Å²) in [7, 11) is -2.38. The van der Waals surface area contributed by atoms with Gasteiger partial charge >= 0.3 is 0 Å². The van der Waals surface area contributed by atoms with E-state index in [2.05, 4.69) is 11.8 Å². The van der Waals surface area contributed by atoms with E-state index >= 15 is 0 Å². The fraction of sp³-hybridized carbons (Fsp3) is 0.444. The number of hydrogen-bond acceptors (Lipinski definition) is 5. The van der Waals surface area contributed by atoms with Crippen LogP contribution in [0.25, 0.3) is 0 Å². The highest BCUT2D eigenvalue weighted by molar-refractivity contribution is 7.89. The van der Waals surface area contributed by atoms with Gasteiger partial charge in [-0.3, -0.25) is 4.79 Å². The molecule has 7 nitrogen and oxygen atoms in total. The number of rotatable bonds is 5. The Bertz CT molecular complexity index is 1270. The van der Waals surface area contributed by atoms with Crippen LogP contribution < -0.4 is 4.74 Å². The second-order valence-corrected chi connectivity index (χ2v) is 11.4. The number of amides is 1. The van der Waals surface area contributed by atoms with Gasteiger partial charge in [0.15, 0.2) is 0 Å². The first-order valence-electron chi connectivity index (χ1n) is 11.9. The maximum atomic E-state index is 13.7. The fourth-order valence-corrected chi connectivity index (χ4v) is 5.77. The van der Waals surface area contributed by atoms with E-state index in [1.165, 1.54) is 39.5 Å². The van der Waals surface area contributed by atoms with Crippen LogP contribution in [0.4, 0.5) is 4.39 Å². The number of carbonyl (C=O) groups is 1. The van der Waals surface area contributed by atoms with Gasteiger partial charge in [-0.1, -0.05) is 38.7 Å². The van der Waals surface area contributed by atoms with Crippen molar-refractivity contribution in [3.63, 3.8) is 0 Å². The lowest BCUT2D eigenvalue weighted by Crippen LogP contribution is -2.50. The van der Waals surface area contributed by atoms with Crippen LogP contribution in [0.5, 0.6) is 5.75 Å². The lowest BCUT2D eigenvalue weighted by molar-refractivity contribution is 0.0563. The third-order valence-electron chi connectivity index (χ3n) is 6.04. The molecule has 0 aromatic heterocycles. The van der Waals surface area contributed by atoms with Gasteiger partial charge in [0, 0.05) is 42.6 Å². The smallest absolute Gasteiger partial charge is 0.253 e. The second-order valence-electron chi connectivity index (χ2n) is 9.52. The van der Waals surface area contributed by atoms with Crippen molar-refractivity contribution in [2.75, 3.05) is 26.7 Å². The van der Waals surface area contributed by atoms with Crippen LogP contribution in [0.3, 0.4) is 0 Å². The number of aliphatic hydroxyl groups excluding tert-OH is 1. The van der Waals surface area contributed by atoms with Gasteiger partial charge in [0.2, 0.25) is 10.0 Å². The van der Waals surface area contributed by atoms with Crippen LogP contribution in [0.15, 0.2) is 47.4 Å². The van der Waals surface area contributed by atoms with Crippen LogP contribution in [-0.4, -0.2) is 67.5 Å². The molecular weight excluding hydrogens is 483 g/mol. The zero-order valence-corrected chi connectivity index (χ0v) is 22.0. The summed E-state index contributed by atoms with van der Waals surface area (Å²) in [4.78, 5) is 14.4. The van der Waals surface area contributed by atoms with Crippen molar-refractivity contribution in [1.82, 2.24) is 9.21 Å². The molecule has 2 aromatic rings. The van der Waals surface area contributed by atoms with E-state index in [4.69, 9.17) is 4.74 Å². The molecule has 3 atom stereocenters. The number of ether oxygens (including phenoxy) is 1. The molecule has 1 aliphatic rings. The molecule has 0 bridgehead atoms. The van der Waals surface area contributed by atoms with Gasteiger partial charge in [-0.2, -0.15) is 4.31 Å². The molecule has 0 aliphatic carbocycles. The lowest BCUT2D eigenvalue weighted by Gasteiger charge is -2.37. The molecule has 0 saturated heterocycles. The first kappa shape index (κ1) is 27.7. The molecule has 3 rings (SSSR count). The Kier molecular flexibility index (Phi) is 8.77. The fourth-order valence-electron chi connectivity index (χ4n) is 3.94. The number of aliphatic hydroxyl groups is 1. The van der Waals surface area contributed by atoms with E-state index in [1.807, 2.05) is 20.8 Å². The number of benzene rings is 2. The Balaban J connectivity index is 2.02. The predicted molar refractivity (Wildman–Crippen MR) is 136 cm³/mol. The maximum Gasteiger partial charge on any atom is 0.253 e. The minimum absolute atomic E-state index is 0.0195. The average Bonchev–Trinajstić information content (AvgIpc) is 2.83. The van der Waals surface area contributed by atoms with Crippen LogP contribution in [0, 0.1) is 29.5 Å². The first-order chi connectivity index (χ1) is 16.9. The van der Waals surface area contributed by atoms with E-state index in [1.54, 1.807) is 26.1 Å². The van der Waals surface area contributed by atoms with Crippen molar-refractivity contribution < 1.29 is 27.4 Å². The average molecular weight is 517 g/mol. The SMILES string of the molecule is CC(C)C#Cc1ccc2c(c1)O[C@@H](CN(C)C(=O)c1cccc(F)c1)[C@@H](C)CN([C@H](C)CO)S2(=O)=O. The van der Waals surface area contributed by atoms with Crippen LogP contribution >= 0.6 is 0 Å². The summed E-state index contributed by atoms with van der Waals surface area (Å²) in [6.45, 7) is 7.28. The van der Waals surface area contributed by atoms with Gasteiger partial charge in [0.05, 0.1) is 13.2 Å². The maximum absolute atomic E-state index is 13.7. The first-order valence-corrected chi connectivity index (χ1v) is 13.3. The molecule has 36 heavy (non-hydrogen) atoms. The third kappa shape index (κ3) is 6.25. The Labute approximate surface area is 212 Å². The van der Waals surface area contributed by atoms with E-state index in [0.29, 0.717) is 5.56 Å². The van der Waals surface area contributed by atoms with Crippen molar-refractivity contribution >= 4 is 15.9 Å². The summed E-state index contributed by atoms with van der Waals surface area (Å²) in [5.41, 5.74) is 0.816. The van der Waals surface area contributed by atoms with Gasteiger partial charge in [-0.15, -0.1) is 0 Å². The van der Waals surface area contributed by atoms with E-state index in [9.17, 15) is 22.7 Å². The lowest BCUT2D eigenvalue weighted by atomic mass is 10.0. The molecule has 194 valence electrons. The van der Waals surface area contributed by atoms with Crippen molar-refractivity contribution in [3.05, 3.63) is 59.4 Å². The Morgan fingerprint density at radius 3 is 2.61 bits per heavy atom. The van der Waals surface area contributed by atoms with Crippen molar-refractivity contribution in [3.8, 4) is 17.6 Å². The summed E-state index contributed by atoms with van der Waals surface area (Å²) < 4.78 is 48.3. The molecule has 1 aliphatic heterocycles. The Morgan fingerprint density at radius 1 is 1.25 bits per heavy atom. The Hall–Kier alpha value is -2.93. The van der Waals surface area contributed by atoms with Crippen LogP contribution in [0.2, 0.25) is 0 Å². The van der Waals surface area contributed by atoms with Gasteiger partial charge in [0.25, 0.3) is 5.91 Å². The van der Waals surface area contributed by atoms with Gasteiger partial charge < -0.3 is 14.7 Å². The second kappa shape index (κ2) is 11.4. The summed E-state index contributed by atoms with van der Waals surface area (Å²) >= 11 is 0. The van der Waals surface area contributed by atoms with Crippen LogP contribution in [0.1, 0.15) is 43.6 Å². The number of sulfonamides is 1. The highest BCUT2D eigenvalue weighted by Gasteiger charge is 2.38. The van der Waals surface area contributed by atoms with E-state index in [0.717, 1.165) is 0 Å². The molecule has 0 radical (unpaired) electrons. The molecule has 9 heteroatoms. The molecule has 1 amide bonds. The summed E-state index contributed by atoms with van der Waals surface area (Å²) in [5, 5.41) is 9.78.